The fraction of sp³-hybridized carbons (Fsp3) is 0.500. The SMILES string of the molecule is COc1ccc(C[C@H](NC(=O)CCCCCCC(=O)NO)C(=O)O)cc1. The number of hydroxylamine groups is 1. The van der Waals surface area contributed by atoms with Crippen LogP contribution in [0.2, 0.25) is 0 Å². The summed E-state index contributed by atoms with van der Waals surface area (Å²) in [4.78, 5) is 34.2. The van der Waals surface area contributed by atoms with E-state index in [1.165, 1.54) is 0 Å². The Morgan fingerprint density at radius 2 is 1.58 bits per heavy atom. The summed E-state index contributed by atoms with van der Waals surface area (Å²) in [6, 6.07) is 6.04. The van der Waals surface area contributed by atoms with E-state index < -0.39 is 17.9 Å². The van der Waals surface area contributed by atoms with Crippen LogP contribution < -0.4 is 15.5 Å². The standard InChI is InChI=1S/C18H26N2O6/c1-26-14-10-8-13(9-11-14)12-15(18(23)24)19-16(21)6-4-2-3-5-7-17(22)20-25/h8-11,15,25H,2-7,12H2,1H3,(H,19,21)(H,20,22)(H,23,24)/t15-/m0/s1. The summed E-state index contributed by atoms with van der Waals surface area (Å²) in [5.41, 5.74) is 2.36. The van der Waals surface area contributed by atoms with Crippen LogP contribution in [0.15, 0.2) is 24.3 Å². The highest BCUT2D eigenvalue weighted by Gasteiger charge is 2.20. The Hall–Kier alpha value is -2.61. The molecule has 0 aromatic heterocycles. The van der Waals surface area contributed by atoms with E-state index >= 15 is 0 Å². The van der Waals surface area contributed by atoms with E-state index in [1.807, 2.05) is 0 Å². The lowest BCUT2D eigenvalue weighted by Crippen LogP contribution is -2.42. The summed E-state index contributed by atoms with van der Waals surface area (Å²) >= 11 is 0. The number of unbranched alkanes of at least 4 members (excludes halogenated alkanes) is 3. The smallest absolute Gasteiger partial charge is 0.326 e. The number of amides is 2. The molecule has 0 saturated heterocycles. The first-order valence-corrected chi connectivity index (χ1v) is 8.54. The van der Waals surface area contributed by atoms with Gasteiger partial charge in [0.1, 0.15) is 11.8 Å². The largest absolute Gasteiger partial charge is 0.497 e. The molecule has 0 radical (unpaired) electrons. The van der Waals surface area contributed by atoms with Gasteiger partial charge in [-0.25, -0.2) is 10.3 Å². The second kappa shape index (κ2) is 11.9. The molecule has 1 rings (SSSR count). The number of rotatable bonds is 12. The zero-order chi connectivity index (χ0) is 19.4. The van der Waals surface area contributed by atoms with Gasteiger partial charge in [-0.2, -0.15) is 0 Å². The Morgan fingerprint density at radius 1 is 1.00 bits per heavy atom. The number of carboxylic acids is 1. The number of methoxy groups -OCH3 is 1. The number of nitrogens with one attached hydrogen (secondary N) is 2. The number of carbonyl (C=O) groups excluding carboxylic acids is 2. The highest BCUT2D eigenvalue weighted by atomic mass is 16.5. The van der Waals surface area contributed by atoms with Crippen LogP contribution in [0.25, 0.3) is 0 Å². The highest BCUT2D eigenvalue weighted by molar-refractivity contribution is 5.83. The molecule has 1 aromatic rings. The monoisotopic (exact) mass is 366 g/mol. The first-order valence-electron chi connectivity index (χ1n) is 8.54. The first kappa shape index (κ1) is 21.4. The van der Waals surface area contributed by atoms with Gasteiger partial charge in [0, 0.05) is 19.3 Å². The van der Waals surface area contributed by atoms with Crippen LogP contribution in [0.5, 0.6) is 5.75 Å². The van der Waals surface area contributed by atoms with Gasteiger partial charge in [0.15, 0.2) is 0 Å². The van der Waals surface area contributed by atoms with Crippen LogP contribution in [0.1, 0.15) is 44.1 Å². The minimum atomic E-state index is -1.08. The molecular weight excluding hydrogens is 340 g/mol. The van der Waals surface area contributed by atoms with Gasteiger partial charge in [0.25, 0.3) is 0 Å². The van der Waals surface area contributed by atoms with Crippen LogP contribution in [-0.2, 0) is 20.8 Å². The third-order valence-corrected chi connectivity index (χ3v) is 3.91. The summed E-state index contributed by atoms with van der Waals surface area (Å²) < 4.78 is 5.06. The molecule has 8 heteroatoms. The van der Waals surface area contributed by atoms with E-state index in [0.717, 1.165) is 18.4 Å². The molecule has 0 heterocycles. The fourth-order valence-electron chi connectivity index (χ4n) is 2.44. The van der Waals surface area contributed by atoms with Gasteiger partial charge in [-0.3, -0.25) is 14.8 Å². The predicted molar refractivity (Wildman–Crippen MR) is 93.9 cm³/mol. The molecule has 1 atom stereocenters. The van der Waals surface area contributed by atoms with E-state index in [2.05, 4.69) is 5.32 Å². The second-order valence-electron chi connectivity index (χ2n) is 5.96. The molecule has 0 bridgehead atoms. The van der Waals surface area contributed by atoms with E-state index in [0.29, 0.717) is 18.6 Å². The van der Waals surface area contributed by atoms with Gasteiger partial charge in [0.2, 0.25) is 11.8 Å². The quantitative estimate of drug-likeness (QED) is 0.253. The molecule has 0 aliphatic rings. The molecule has 0 saturated carbocycles. The number of carbonyl (C=O) groups is 3. The summed E-state index contributed by atoms with van der Waals surface area (Å²) in [7, 11) is 1.55. The summed E-state index contributed by atoms with van der Waals surface area (Å²) in [5, 5.41) is 20.2. The minimum absolute atomic E-state index is 0.196. The van der Waals surface area contributed by atoms with Crippen molar-refractivity contribution in [3.63, 3.8) is 0 Å². The summed E-state index contributed by atoms with van der Waals surface area (Å²) in [5.74, 6) is -1.13. The van der Waals surface area contributed by atoms with Crippen molar-refractivity contribution in [3.8, 4) is 5.75 Å². The van der Waals surface area contributed by atoms with Crippen LogP contribution in [0.4, 0.5) is 0 Å². The molecule has 1 aromatic carbocycles. The van der Waals surface area contributed by atoms with Crippen molar-refractivity contribution in [2.75, 3.05) is 7.11 Å². The maximum Gasteiger partial charge on any atom is 0.326 e. The highest BCUT2D eigenvalue weighted by Crippen LogP contribution is 2.13. The second-order valence-corrected chi connectivity index (χ2v) is 5.96. The van der Waals surface area contributed by atoms with Crippen molar-refractivity contribution in [2.24, 2.45) is 0 Å². The molecule has 8 nitrogen and oxygen atoms in total. The number of hydrogen-bond acceptors (Lipinski definition) is 5. The summed E-state index contributed by atoms with van der Waals surface area (Å²) in [6.45, 7) is 0. The molecule has 0 fully saturated rings. The van der Waals surface area contributed by atoms with Crippen molar-refractivity contribution in [3.05, 3.63) is 29.8 Å². The summed E-state index contributed by atoms with van der Waals surface area (Å²) in [6.07, 6.45) is 3.42. The molecular formula is C18H26N2O6. The van der Waals surface area contributed by atoms with Gasteiger partial charge in [-0.1, -0.05) is 25.0 Å². The number of hydrogen-bond donors (Lipinski definition) is 4. The Kier molecular flexibility index (Phi) is 9.78. The van der Waals surface area contributed by atoms with E-state index in [-0.39, 0.29) is 25.2 Å². The normalized spacial score (nSPS) is 11.5. The number of carboxylic acid groups (broad SMARTS) is 1. The van der Waals surface area contributed by atoms with Crippen LogP contribution in [-0.4, -0.2) is 41.2 Å². The first-order chi connectivity index (χ1) is 12.5. The Balaban J connectivity index is 2.33. The number of benzene rings is 1. The maximum atomic E-state index is 11.9. The van der Waals surface area contributed by atoms with Crippen LogP contribution in [0, 0.1) is 0 Å². The van der Waals surface area contributed by atoms with Crippen molar-refractivity contribution in [2.45, 2.75) is 51.0 Å². The molecule has 0 aliphatic carbocycles. The molecule has 0 aliphatic heterocycles. The van der Waals surface area contributed by atoms with Crippen molar-refractivity contribution >= 4 is 17.8 Å². The average Bonchev–Trinajstić information content (AvgIpc) is 2.64. The van der Waals surface area contributed by atoms with Gasteiger partial charge in [-0.15, -0.1) is 0 Å². The van der Waals surface area contributed by atoms with Crippen LogP contribution >= 0.6 is 0 Å². The maximum absolute atomic E-state index is 11.9. The predicted octanol–water partition coefficient (Wildman–Crippen LogP) is 1.65. The molecule has 0 spiro atoms. The van der Waals surface area contributed by atoms with E-state index in [1.54, 1.807) is 36.9 Å². The zero-order valence-corrected chi connectivity index (χ0v) is 14.9. The van der Waals surface area contributed by atoms with E-state index in [4.69, 9.17) is 9.94 Å². The Labute approximate surface area is 152 Å². The van der Waals surface area contributed by atoms with Crippen molar-refractivity contribution in [1.82, 2.24) is 10.8 Å². The third-order valence-electron chi connectivity index (χ3n) is 3.91. The minimum Gasteiger partial charge on any atom is -0.497 e. The molecule has 4 N–H and O–H groups in total. The number of ether oxygens (including phenoxy) is 1. The molecule has 2 amide bonds. The Morgan fingerprint density at radius 3 is 2.08 bits per heavy atom. The van der Waals surface area contributed by atoms with Gasteiger partial charge < -0.3 is 15.2 Å². The van der Waals surface area contributed by atoms with E-state index in [9.17, 15) is 19.5 Å². The lowest BCUT2D eigenvalue weighted by Gasteiger charge is -2.15. The van der Waals surface area contributed by atoms with Crippen molar-refractivity contribution < 1.29 is 29.4 Å². The van der Waals surface area contributed by atoms with Crippen LogP contribution in [0.3, 0.4) is 0 Å². The van der Waals surface area contributed by atoms with Crippen molar-refractivity contribution in [1.29, 1.82) is 0 Å². The third kappa shape index (κ3) is 8.48. The van der Waals surface area contributed by atoms with Gasteiger partial charge in [0.05, 0.1) is 7.11 Å². The molecule has 26 heavy (non-hydrogen) atoms. The van der Waals surface area contributed by atoms with Gasteiger partial charge in [-0.05, 0) is 30.5 Å². The lowest BCUT2D eigenvalue weighted by atomic mass is 10.1. The Bertz CT molecular complexity index is 588. The zero-order valence-electron chi connectivity index (χ0n) is 14.9. The topological polar surface area (TPSA) is 125 Å². The molecule has 0 unspecified atom stereocenters. The average molecular weight is 366 g/mol. The van der Waals surface area contributed by atoms with Gasteiger partial charge >= 0.3 is 5.97 Å². The fourth-order valence-corrected chi connectivity index (χ4v) is 2.44. The number of aliphatic carboxylic acids is 1. The lowest BCUT2D eigenvalue weighted by molar-refractivity contribution is -0.141. The molecule has 144 valence electrons.